The van der Waals surface area contributed by atoms with Crippen LogP contribution in [0.15, 0.2) is 0 Å². The van der Waals surface area contributed by atoms with E-state index in [0.29, 0.717) is 36.8 Å². The van der Waals surface area contributed by atoms with Gasteiger partial charge in [0.1, 0.15) is 5.54 Å². The maximum atomic E-state index is 13.2. The van der Waals surface area contributed by atoms with Crippen molar-refractivity contribution in [2.24, 2.45) is 0 Å². The molecule has 154 valence electrons. The molecule has 7 nitrogen and oxygen atoms in total. The number of nitrogens with zero attached hydrogens (tertiary/aromatic N) is 3. The molecule has 1 unspecified atom stereocenters. The van der Waals surface area contributed by atoms with Gasteiger partial charge in [-0.05, 0) is 40.0 Å². The lowest BCUT2D eigenvalue weighted by atomic mass is 9.87. The molecular formula is C20H37N5O2. The first kappa shape index (κ1) is 19.6. The van der Waals surface area contributed by atoms with Gasteiger partial charge in [-0.25, -0.2) is 0 Å². The second-order valence-corrected chi connectivity index (χ2v) is 9.18. The Morgan fingerprint density at radius 1 is 1.19 bits per heavy atom. The van der Waals surface area contributed by atoms with Gasteiger partial charge in [0.2, 0.25) is 5.91 Å². The highest BCUT2D eigenvalue weighted by molar-refractivity contribution is 5.88. The van der Waals surface area contributed by atoms with E-state index in [0.717, 1.165) is 65.1 Å². The Kier molecular flexibility index (Phi) is 5.77. The van der Waals surface area contributed by atoms with Crippen LogP contribution in [0, 0.1) is 0 Å². The first-order chi connectivity index (χ1) is 13.0. The van der Waals surface area contributed by atoms with E-state index < -0.39 is 0 Å². The average Bonchev–Trinajstić information content (AvgIpc) is 2.97. The molecule has 4 rings (SSSR count). The predicted octanol–water partition coefficient (Wildman–Crippen LogP) is 0.0699. The van der Waals surface area contributed by atoms with Crippen LogP contribution in [-0.2, 0) is 9.53 Å². The van der Waals surface area contributed by atoms with Gasteiger partial charge < -0.3 is 19.9 Å². The van der Waals surface area contributed by atoms with Crippen LogP contribution in [-0.4, -0.2) is 103 Å². The number of nitrogens with one attached hydrogen (secondary N) is 2. The Morgan fingerprint density at radius 3 is 2.70 bits per heavy atom. The van der Waals surface area contributed by atoms with E-state index in [1.54, 1.807) is 0 Å². The predicted molar refractivity (Wildman–Crippen MR) is 106 cm³/mol. The number of carbonyl (C=O) groups is 1. The van der Waals surface area contributed by atoms with Crippen molar-refractivity contribution in [2.75, 3.05) is 52.5 Å². The van der Waals surface area contributed by atoms with E-state index in [4.69, 9.17) is 4.74 Å². The van der Waals surface area contributed by atoms with Crippen molar-refractivity contribution >= 4 is 5.91 Å². The summed E-state index contributed by atoms with van der Waals surface area (Å²) in [5.41, 5.74) is -0.309. The van der Waals surface area contributed by atoms with Gasteiger partial charge in [-0.3, -0.25) is 15.0 Å². The SMILES string of the molecule is CC(C)N1CCC2(CC1)NCN(CC(C)N1CC[C@@H]3OCCN[C@H]3C1)C2=O. The van der Waals surface area contributed by atoms with Gasteiger partial charge in [0.25, 0.3) is 0 Å². The molecule has 1 amide bonds. The minimum atomic E-state index is -0.309. The van der Waals surface area contributed by atoms with Crippen LogP contribution in [0.4, 0.5) is 0 Å². The third kappa shape index (κ3) is 3.90. The van der Waals surface area contributed by atoms with Gasteiger partial charge in [0, 0.05) is 57.4 Å². The number of fused-ring (bicyclic) bond motifs is 1. The number of likely N-dealkylation sites (tertiary alicyclic amines) is 2. The van der Waals surface area contributed by atoms with Crippen molar-refractivity contribution in [1.82, 2.24) is 25.3 Å². The molecule has 0 bridgehead atoms. The highest BCUT2D eigenvalue weighted by Gasteiger charge is 2.48. The molecule has 3 atom stereocenters. The molecule has 4 fully saturated rings. The topological polar surface area (TPSA) is 60.1 Å². The van der Waals surface area contributed by atoms with Crippen LogP contribution in [0.3, 0.4) is 0 Å². The minimum absolute atomic E-state index is 0.309. The Bertz CT molecular complexity index is 534. The molecule has 4 heterocycles. The van der Waals surface area contributed by atoms with Gasteiger partial charge in [-0.1, -0.05) is 0 Å². The molecule has 2 N–H and O–H groups in total. The van der Waals surface area contributed by atoms with E-state index >= 15 is 0 Å². The van der Waals surface area contributed by atoms with Crippen LogP contribution in [0.5, 0.6) is 0 Å². The summed E-state index contributed by atoms with van der Waals surface area (Å²) in [5.74, 6) is 0.326. The molecule has 0 saturated carbocycles. The lowest BCUT2D eigenvalue weighted by Crippen LogP contribution is -2.60. The first-order valence-corrected chi connectivity index (χ1v) is 10.9. The summed E-state index contributed by atoms with van der Waals surface area (Å²) in [6, 6.07) is 1.38. The largest absolute Gasteiger partial charge is 0.375 e. The lowest BCUT2D eigenvalue weighted by molar-refractivity contribution is -0.135. The maximum absolute atomic E-state index is 13.2. The van der Waals surface area contributed by atoms with Crippen LogP contribution >= 0.6 is 0 Å². The normalized spacial score (nSPS) is 33.6. The molecule has 4 aliphatic rings. The quantitative estimate of drug-likeness (QED) is 0.721. The zero-order valence-electron chi connectivity index (χ0n) is 17.2. The molecule has 0 aromatic rings. The van der Waals surface area contributed by atoms with Crippen LogP contribution in [0.25, 0.3) is 0 Å². The third-order valence-corrected chi connectivity index (χ3v) is 7.22. The second kappa shape index (κ2) is 7.95. The molecule has 0 aliphatic carbocycles. The van der Waals surface area contributed by atoms with E-state index in [1.807, 2.05) is 0 Å². The smallest absolute Gasteiger partial charge is 0.244 e. The minimum Gasteiger partial charge on any atom is -0.375 e. The Morgan fingerprint density at radius 2 is 1.96 bits per heavy atom. The molecular weight excluding hydrogens is 342 g/mol. The van der Waals surface area contributed by atoms with E-state index in [9.17, 15) is 4.79 Å². The second-order valence-electron chi connectivity index (χ2n) is 9.18. The number of hydrogen-bond donors (Lipinski definition) is 2. The molecule has 0 aromatic heterocycles. The first-order valence-electron chi connectivity index (χ1n) is 10.9. The van der Waals surface area contributed by atoms with Gasteiger partial charge in [-0.15, -0.1) is 0 Å². The number of carbonyl (C=O) groups excluding carboxylic acids is 1. The van der Waals surface area contributed by atoms with Crippen molar-refractivity contribution in [2.45, 2.75) is 69.8 Å². The van der Waals surface area contributed by atoms with E-state index in [-0.39, 0.29) is 5.54 Å². The fourth-order valence-electron chi connectivity index (χ4n) is 5.30. The summed E-state index contributed by atoms with van der Waals surface area (Å²) in [7, 11) is 0. The fourth-order valence-corrected chi connectivity index (χ4v) is 5.30. The Balaban J connectivity index is 1.30. The van der Waals surface area contributed by atoms with Gasteiger partial charge in [-0.2, -0.15) is 0 Å². The van der Waals surface area contributed by atoms with Crippen molar-refractivity contribution in [3.63, 3.8) is 0 Å². The van der Waals surface area contributed by atoms with Crippen molar-refractivity contribution in [1.29, 1.82) is 0 Å². The zero-order valence-corrected chi connectivity index (χ0v) is 17.2. The summed E-state index contributed by atoms with van der Waals surface area (Å²) in [4.78, 5) is 20.3. The van der Waals surface area contributed by atoms with Gasteiger partial charge in [0.05, 0.1) is 19.4 Å². The van der Waals surface area contributed by atoms with Gasteiger partial charge in [0.15, 0.2) is 0 Å². The molecule has 4 saturated heterocycles. The molecule has 0 aromatic carbocycles. The number of piperidine rings is 2. The van der Waals surface area contributed by atoms with E-state index in [2.05, 4.69) is 46.1 Å². The molecule has 1 spiro atoms. The van der Waals surface area contributed by atoms with Crippen molar-refractivity contribution < 1.29 is 9.53 Å². The fraction of sp³-hybridized carbons (Fsp3) is 0.950. The van der Waals surface area contributed by atoms with E-state index in [1.165, 1.54) is 0 Å². The maximum Gasteiger partial charge on any atom is 0.244 e. The lowest BCUT2D eigenvalue weighted by Gasteiger charge is -2.44. The van der Waals surface area contributed by atoms with Crippen LogP contribution < -0.4 is 10.6 Å². The number of hydrogen-bond acceptors (Lipinski definition) is 6. The number of rotatable bonds is 4. The van der Waals surface area contributed by atoms with Gasteiger partial charge >= 0.3 is 0 Å². The number of morpholine rings is 1. The molecule has 27 heavy (non-hydrogen) atoms. The summed E-state index contributed by atoms with van der Waals surface area (Å²) < 4.78 is 5.89. The summed E-state index contributed by atoms with van der Waals surface area (Å²) in [6.45, 7) is 14.2. The van der Waals surface area contributed by atoms with Crippen LogP contribution in [0.2, 0.25) is 0 Å². The molecule has 0 radical (unpaired) electrons. The monoisotopic (exact) mass is 379 g/mol. The zero-order chi connectivity index (χ0) is 19.0. The Labute approximate surface area is 163 Å². The Hall–Kier alpha value is -0.730. The highest BCUT2D eigenvalue weighted by Crippen LogP contribution is 2.30. The summed E-state index contributed by atoms with van der Waals surface area (Å²) >= 11 is 0. The summed E-state index contributed by atoms with van der Waals surface area (Å²) in [6.07, 6.45) is 3.32. The van der Waals surface area contributed by atoms with Crippen LogP contribution in [0.1, 0.15) is 40.0 Å². The standard InChI is InChI=1S/C20H37N5O2/c1-15(2)23-9-5-20(6-10-23)19(26)25(14-22-20)12-16(3)24-8-4-18-17(13-24)21-7-11-27-18/h15-18,21-22H,4-14H2,1-3H3/t16?,17-,18-/m0/s1. The number of amides is 1. The van der Waals surface area contributed by atoms with Crippen molar-refractivity contribution in [3.05, 3.63) is 0 Å². The third-order valence-electron chi connectivity index (χ3n) is 7.22. The summed E-state index contributed by atoms with van der Waals surface area (Å²) in [5, 5.41) is 7.19. The highest BCUT2D eigenvalue weighted by atomic mass is 16.5. The molecule has 7 heteroatoms. The van der Waals surface area contributed by atoms with Crippen molar-refractivity contribution in [3.8, 4) is 0 Å². The molecule has 4 aliphatic heterocycles. The number of ether oxygens (including phenoxy) is 1. The average molecular weight is 380 g/mol.